The van der Waals surface area contributed by atoms with Gasteiger partial charge < -0.3 is 5.11 Å². The average Bonchev–Trinajstić information content (AvgIpc) is 2.20. The molecule has 0 aromatic heterocycles. The van der Waals surface area contributed by atoms with Crippen LogP contribution in [0.2, 0.25) is 0 Å². The Labute approximate surface area is 79.9 Å². The fraction of sp³-hybridized carbons (Fsp3) is 0. The van der Waals surface area contributed by atoms with Crippen LogP contribution in [0.15, 0.2) is 29.8 Å². The zero-order valence-corrected chi connectivity index (χ0v) is 7.03. The molecule has 0 aliphatic carbocycles. The molecule has 0 bridgehead atoms. The number of nitrogens with zero attached hydrogens (tertiary/aromatic N) is 2. The van der Waals surface area contributed by atoms with Crippen LogP contribution in [0.4, 0.5) is 4.39 Å². The number of hydrogen-bond donors (Lipinski definition) is 1. The van der Waals surface area contributed by atoms with Crippen LogP contribution in [0.25, 0.3) is 5.76 Å². The Balaban J connectivity index is 3.21. The van der Waals surface area contributed by atoms with Gasteiger partial charge in [-0.2, -0.15) is 10.5 Å². The number of rotatable bonds is 1. The highest BCUT2D eigenvalue weighted by atomic mass is 19.1. The molecule has 0 radical (unpaired) electrons. The van der Waals surface area contributed by atoms with Crippen molar-refractivity contribution in [1.29, 1.82) is 10.5 Å². The second kappa shape index (κ2) is 4.06. The minimum absolute atomic E-state index is 0.240. The fourth-order valence-corrected chi connectivity index (χ4v) is 0.883. The molecule has 1 N–H and O–H groups in total. The predicted octanol–water partition coefficient (Wildman–Crippen LogP) is 2.14. The lowest BCUT2D eigenvalue weighted by Gasteiger charge is -1.98. The molecule has 0 aliphatic rings. The summed E-state index contributed by atoms with van der Waals surface area (Å²) in [6, 6.07) is 7.93. The van der Waals surface area contributed by atoms with Gasteiger partial charge in [-0.3, -0.25) is 0 Å². The Kier molecular flexibility index (Phi) is 2.83. The summed E-state index contributed by atoms with van der Waals surface area (Å²) in [5, 5.41) is 26.3. The summed E-state index contributed by atoms with van der Waals surface area (Å²) in [7, 11) is 0. The maximum Gasteiger partial charge on any atom is 0.171 e. The van der Waals surface area contributed by atoms with E-state index in [1.54, 1.807) is 0 Å². The van der Waals surface area contributed by atoms with E-state index >= 15 is 0 Å². The lowest BCUT2D eigenvalue weighted by molar-refractivity contribution is 0.509. The molecule has 0 atom stereocenters. The zero-order valence-electron chi connectivity index (χ0n) is 7.03. The monoisotopic (exact) mass is 188 g/mol. The van der Waals surface area contributed by atoms with Crippen molar-refractivity contribution >= 4 is 5.76 Å². The number of allylic oxidation sites excluding steroid dienone is 1. The minimum atomic E-state index is -0.447. The molecule has 0 unspecified atom stereocenters. The molecule has 1 rings (SSSR count). The van der Waals surface area contributed by atoms with Gasteiger partial charge >= 0.3 is 0 Å². The van der Waals surface area contributed by atoms with Gasteiger partial charge in [0.05, 0.1) is 0 Å². The second-order valence-electron chi connectivity index (χ2n) is 2.45. The highest BCUT2D eigenvalue weighted by molar-refractivity contribution is 5.69. The third-order valence-corrected chi connectivity index (χ3v) is 1.58. The number of nitriles is 2. The number of hydrogen-bond acceptors (Lipinski definition) is 3. The summed E-state index contributed by atoms with van der Waals surface area (Å²) in [5.74, 6) is -0.882. The van der Waals surface area contributed by atoms with Crippen molar-refractivity contribution in [2.75, 3.05) is 0 Å². The molecule has 0 amide bonds. The van der Waals surface area contributed by atoms with Crippen LogP contribution in [-0.2, 0) is 0 Å². The molecule has 68 valence electrons. The Morgan fingerprint density at radius 2 is 1.64 bits per heavy atom. The van der Waals surface area contributed by atoms with E-state index in [1.165, 1.54) is 24.3 Å². The average molecular weight is 188 g/mol. The quantitative estimate of drug-likeness (QED) is 0.542. The van der Waals surface area contributed by atoms with Gasteiger partial charge in [-0.1, -0.05) is 0 Å². The van der Waals surface area contributed by atoms with Crippen molar-refractivity contribution in [3.05, 3.63) is 41.2 Å². The molecule has 0 saturated heterocycles. The van der Waals surface area contributed by atoms with Crippen molar-refractivity contribution in [2.24, 2.45) is 0 Å². The van der Waals surface area contributed by atoms with Crippen LogP contribution in [0.5, 0.6) is 0 Å². The van der Waals surface area contributed by atoms with E-state index in [2.05, 4.69) is 0 Å². The van der Waals surface area contributed by atoms with Gasteiger partial charge in [-0.15, -0.1) is 0 Å². The van der Waals surface area contributed by atoms with E-state index in [0.717, 1.165) is 12.1 Å². The lowest BCUT2D eigenvalue weighted by Crippen LogP contribution is -1.87. The molecule has 0 fully saturated rings. The number of benzene rings is 1. The molecule has 0 saturated carbocycles. The predicted molar refractivity (Wildman–Crippen MR) is 47.2 cm³/mol. The first-order chi connectivity index (χ1) is 6.69. The molecule has 0 spiro atoms. The molecule has 1 aromatic carbocycles. The second-order valence-corrected chi connectivity index (χ2v) is 2.45. The minimum Gasteiger partial charge on any atom is -0.505 e. The number of halogens is 1. The summed E-state index contributed by atoms with van der Waals surface area (Å²) < 4.78 is 12.5. The van der Waals surface area contributed by atoms with Gasteiger partial charge in [0, 0.05) is 5.56 Å². The Hall–Kier alpha value is -2.33. The summed E-state index contributed by atoms with van der Waals surface area (Å²) in [6.45, 7) is 0. The van der Waals surface area contributed by atoms with Crippen molar-refractivity contribution < 1.29 is 9.50 Å². The molecular weight excluding hydrogens is 183 g/mol. The SMILES string of the molecule is N#CC(C#N)=C(O)c1ccc(F)cc1. The first kappa shape index (κ1) is 9.76. The maximum absolute atomic E-state index is 12.5. The van der Waals surface area contributed by atoms with Gasteiger partial charge in [-0.05, 0) is 24.3 Å². The van der Waals surface area contributed by atoms with Gasteiger partial charge in [0.25, 0.3) is 0 Å². The largest absolute Gasteiger partial charge is 0.505 e. The molecule has 0 heterocycles. The molecule has 4 heteroatoms. The van der Waals surface area contributed by atoms with Crippen molar-refractivity contribution in [3.8, 4) is 12.1 Å². The van der Waals surface area contributed by atoms with E-state index in [-0.39, 0.29) is 5.56 Å². The highest BCUT2D eigenvalue weighted by Gasteiger charge is 2.06. The Morgan fingerprint density at radius 1 is 1.14 bits per heavy atom. The summed E-state index contributed by atoms with van der Waals surface area (Å²) in [5.41, 5.74) is -0.152. The van der Waals surface area contributed by atoms with E-state index in [9.17, 15) is 9.50 Å². The van der Waals surface area contributed by atoms with Crippen molar-refractivity contribution in [1.82, 2.24) is 0 Å². The summed E-state index contributed by atoms with van der Waals surface area (Å²) >= 11 is 0. The topological polar surface area (TPSA) is 67.8 Å². The highest BCUT2D eigenvalue weighted by Crippen LogP contribution is 2.15. The van der Waals surface area contributed by atoms with Crippen LogP contribution in [0.3, 0.4) is 0 Å². The van der Waals surface area contributed by atoms with E-state index in [0.29, 0.717) is 0 Å². The summed E-state index contributed by atoms with van der Waals surface area (Å²) in [4.78, 5) is 0. The van der Waals surface area contributed by atoms with Crippen LogP contribution in [0.1, 0.15) is 5.56 Å². The van der Waals surface area contributed by atoms with Crippen LogP contribution in [0, 0.1) is 28.5 Å². The molecule has 1 aromatic rings. The zero-order chi connectivity index (χ0) is 10.6. The fourth-order valence-electron chi connectivity index (χ4n) is 0.883. The van der Waals surface area contributed by atoms with E-state index in [4.69, 9.17) is 10.5 Å². The van der Waals surface area contributed by atoms with E-state index < -0.39 is 17.1 Å². The van der Waals surface area contributed by atoms with Gasteiger partial charge in [-0.25, -0.2) is 4.39 Å². The smallest absolute Gasteiger partial charge is 0.171 e. The van der Waals surface area contributed by atoms with Gasteiger partial charge in [0.1, 0.15) is 18.0 Å². The van der Waals surface area contributed by atoms with Gasteiger partial charge in [0.15, 0.2) is 11.3 Å². The Morgan fingerprint density at radius 3 is 2.07 bits per heavy atom. The number of aliphatic hydroxyl groups is 1. The molecule has 14 heavy (non-hydrogen) atoms. The van der Waals surface area contributed by atoms with Crippen molar-refractivity contribution in [3.63, 3.8) is 0 Å². The Bertz CT molecular complexity index is 432. The molecule has 3 nitrogen and oxygen atoms in total. The standard InChI is InChI=1S/C10H5FN2O/c11-9-3-1-7(2-4-9)10(14)8(5-12)6-13/h1-4,14H. The first-order valence-electron chi connectivity index (χ1n) is 3.68. The normalized spacial score (nSPS) is 8.50. The van der Waals surface area contributed by atoms with Crippen LogP contribution < -0.4 is 0 Å². The summed E-state index contributed by atoms with van der Waals surface area (Å²) in [6.07, 6.45) is 0. The van der Waals surface area contributed by atoms with Crippen LogP contribution in [-0.4, -0.2) is 5.11 Å². The van der Waals surface area contributed by atoms with Crippen molar-refractivity contribution in [2.45, 2.75) is 0 Å². The molecular formula is C10H5FN2O. The molecule has 0 aliphatic heterocycles. The maximum atomic E-state index is 12.5. The third-order valence-electron chi connectivity index (χ3n) is 1.58. The third kappa shape index (κ3) is 1.88. The number of aliphatic hydroxyl groups excluding tert-OH is 1. The van der Waals surface area contributed by atoms with Gasteiger partial charge in [0.2, 0.25) is 0 Å². The van der Waals surface area contributed by atoms with E-state index in [1.807, 2.05) is 0 Å². The first-order valence-corrected chi connectivity index (χ1v) is 3.68. The lowest BCUT2D eigenvalue weighted by atomic mass is 10.1. The van der Waals surface area contributed by atoms with Crippen LogP contribution >= 0.6 is 0 Å².